The maximum Gasteiger partial charge on any atom is 0.315 e. The lowest BCUT2D eigenvalue weighted by molar-refractivity contribution is 0.0509. The summed E-state index contributed by atoms with van der Waals surface area (Å²) in [5.41, 5.74) is 0. The SMILES string of the molecule is Cc1nccn1CCCCNC(=O)NC1CC2CCCC(C1)N2C. The molecule has 0 saturated carbocycles. The average molecular weight is 333 g/mol. The zero-order valence-corrected chi connectivity index (χ0v) is 15.0. The van der Waals surface area contributed by atoms with Gasteiger partial charge in [-0.3, -0.25) is 0 Å². The van der Waals surface area contributed by atoms with Gasteiger partial charge in [-0.1, -0.05) is 6.42 Å². The van der Waals surface area contributed by atoms with Gasteiger partial charge in [-0.05, 0) is 52.5 Å². The predicted octanol–water partition coefficient (Wildman–Crippen LogP) is 2.29. The molecular formula is C18H31N5O. The van der Waals surface area contributed by atoms with Crippen LogP contribution in [0, 0.1) is 6.92 Å². The molecule has 0 aromatic carbocycles. The number of unbranched alkanes of at least 4 members (excludes halogenated alkanes) is 1. The van der Waals surface area contributed by atoms with Gasteiger partial charge in [0.05, 0.1) is 0 Å². The van der Waals surface area contributed by atoms with Crippen LogP contribution in [0.4, 0.5) is 4.79 Å². The molecule has 2 aliphatic heterocycles. The van der Waals surface area contributed by atoms with Crippen molar-refractivity contribution in [3.8, 4) is 0 Å². The van der Waals surface area contributed by atoms with E-state index < -0.39 is 0 Å². The molecule has 0 spiro atoms. The van der Waals surface area contributed by atoms with Gasteiger partial charge in [0.2, 0.25) is 0 Å². The lowest BCUT2D eigenvalue weighted by atomic mass is 9.82. The van der Waals surface area contributed by atoms with Crippen molar-refractivity contribution in [3.63, 3.8) is 0 Å². The molecule has 2 unspecified atom stereocenters. The van der Waals surface area contributed by atoms with Gasteiger partial charge in [-0.15, -0.1) is 0 Å². The number of amides is 2. The first-order valence-electron chi connectivity index (χ1n) is 9.37. The van der Waals surface area contributed by atoms with Crippen LogP contribution in [0.25, 0.3) is 0 Å². The van der Waals surface area contributed by atoms with Crippen molar-refractivity contribution in [2.75, 3.05) is 13.6 Å². The lowest BCUT2D eigenvalue weighted by Crippen LogP contribution is -2.56. The average Bonchev–Trinajstić information content (AvgIpc) is 2.93. The summed E-state index contributed by atoms with van der Waals surface area (Å²) in [7, 11) is 2.24. The molecule has 2 atom stereocenters. The number of fused-ring (bicyclic) bond motifs is 2. The number of carbonyl (C=O) groups excluding carboxylic acids is 1. The monoisotopic (exact) mass is 333 g/mol. The Morgan fingerprint density at radius 1 is 1.29 bits per heavy atom. The van der Waals surface area contributed by atoms with Gasteiger partial charge in [0.15, 0.2) is 0 Å². The molecule has 2 bridgehead atoms. The number of aromatic nitrogens is 2. The van der Waals surface area contributed by atoms with Crippen LogP contribution in [0.15, 0.2) is 12.4 Å². The van der Waals surface area contributed by atoms with E-state index in [9.17, 15) is 4.79 Å². The highest BCUT2D eigenvalue weighted by molar-refractivity contribution is 5.74. The number of piperidine rings is 2. The number of nitrogens with zero attached hydrogens (tertiary/aromatic N) is 3. The van der Waals surface area contributed by atoms with Crippen LogP contribution in [0.2, 0.25) is 0 Å². The predicted molar refractivity (Wildman–Crippen MR) is 94.9 cm³/mol. The van der Waals surface area contributed by atoms with Crippen LogP contribution in [0.3, 0.4) is 0 Å². The minimum atomic E-state index is 0.00133. The first-order valence-corrected chi connectivity index (χ1v) is 9.37. The van der Waals surface area contributed by atoms with Crippen LogP contribution in [0.5, 0.6) is 0 Å². The molecule has 1 aromatic rings. The van der Waals surface area contributed by atoms with Crippen LogP contribution >= 0.6 is 0 Å². The third kappa shape index (κ3) is 4.29. The molecule has 6 nitrogen and oxygen atoms in total. The van der Waals surface area contributed by atoms with E-state index in [-0.39, 0.29) is 6.03 Å². The van der Waals surface area contributed by atoms with Crippen LogP contribution < -0.4 is 10.6 Å². The normalized spacial score (nSPS) is 27.0. The molecule has 3 heterocycles. The van der Waals surface area contributed by atoms with Crippen molar-refractivity contribution in [2.24, 2.45) is 0 Å². The fraction of sp³-hybridized carbons (Fsp3) is 0.778. The number of rotatable bonds is 6. The summed E-state index contributed by atoms with van der Waals surface area (Å²) in [6.07, 6.45) is 12.0. The molecule has 2 aliphatic rings. The van der Waals surface area contributed by atoms with Crippen LogP contribution in [-0.4, -0.2) is 52.2 Å². The molecule has 6 heteroatoms. The van der Waals surface area contributed by atoms with E-state index in [1.807, 2.05) is 19.3 Å². The molecule has 0 radical (unpaired) electrons. The standard InChI is InChI=1S/C18H31N5O/c1-14-19-9-11-23(14)10-4-3-8-20-18(24)21-15-12-16-6-5-7-17(13-15)22(16)2/h9,11,15-17H,3-8,10,12-13H2,1-2H3,(H2,20,21,24). The summed E-state index contributed by atoms with van der Waals surface area (Å²) in [6, 6.07) is 1.65. The number of aryl methyl sites for hydroxylation is 2. The van der Waals surface area contributed by atoms with E-state index in [2.05, 4.69) is 32.1 Å². The second-order valence-electron chi connectivity index (χ2n) is 7.35. The molecule has 2 saturated heterocycles. The number of imidazole rings is 1. The van der Waals surface area contributed by atoms with Gasteiger partial charge in [0, 0.05) is 43.6 Å². The molecular weight excluding hydrogens is 302 g/mol. The van der Waals surface area contributed by atoms with Gasteiger partial charge in [-0.2, -0.15) is 0 Å². The summed E-state index contributed by atoms with van der Waals surface area (Å²) < 4.78 is 2.15. The Bertz CT molecular complexity index is 529. The van der Waals surface area contributed by atoms with E-state index in [0.717, 1.165) is 44.6 Å². The summed E-state index contributed by atoms with van der Waals surface area (Å²) in [5, 5.41) is 6.20. The summed E-state index contributed by atoms with van der Waals surface area (Å²) in [5.74, 6) is 1.05. The second-order valence-corrected chi connectivity index (χ2v) is 7.35. The van der Waals surface area contributed by atoms with Crippen molar-refractivity contribution < 1.29 is 4.79 Å². The van der Waals surface area contributed by atoms with Gasteiger partial charge >= 0.3 is 6.03 Å². The Balaban J connectivity index is 1.31. The minimum absolute atomic E-state index is 0.00133. The van der Waals surface area contributed by atoms with Crippen LogP contribution in [0.1, 0.15) is 50.8 Å². The molecule has 2 fully saturated rings. The zero-order chi connectivity index (χ0) is 16.9. The molecule has 2 N–H and O–H groups in total. The van der Waals surface area contributed by atoms with E-state index >= 15 is 0 Å². The topological polar surface area (TPSA) is 62.2 Å². The highest BCUT2D eigenvalue weighted by Gasteiger charge is 2.36. The third-order valence-corrected chi connectivity index (χ3v) is 5.71. The first-order chi connectivity index (χ1) is 11.6. The van der Waals surface area contributed by atoms with Gasteiger partial charge in [-0.25, -0.2) is 9.78 Å². The number of carbonyl (C=O) groups is 1. The fourth-order valence-electron chi connectivity index (χ4n) is 4.22. The highest BCUT2D eigenvalue weighted by Crippen LogP contribution is 2.32. The maximum atomic E-state index is 12.1. The van der Waals surface area contributed by atoms with Crippen molar-refractivity contribution in [1.82, 2.24) is 25.1 Å². The Kier molecular flexibility index (Phi) is 5.76. The van der Waals surface area contributed by atoms with Crippen molar-refractivity contribution >= 4 is 6.03 Å². The molecule has 134 valence electrons. The maximum absolute atomic E-state index is 12.1. The number of nitrogens with one attached hydrogen (secondary N) is 2. The van der Waals surface area contributed by atoms with Gasteiger partial charge < -0.3 is 20.1 Å². The largest absolute Gasteiger partial charge is 0.338 e. The Morgan fingerprint density at radius 3 is 2.71 bits per heavy atom. The van der Waals surface area contributed by atoms with Gasteiger partial charge in [0.25, 0.3) is 0 Å². The Morgan fingerprint density at radius 2 is 2.04 bits per heavy atom. The van der Waals surface area contributed by atoms with Crippen molar-refractivity contribution in [2.45, 2.75) is 76.5 Å². The molecule has 2 amide bonds. The Labute approximate surface area is 145 Å². The van der Waals surface area contributed by atoms with Crippen molar-refractivity contribution in [3.05, 3.63) is 18.2 Å². The second kappa shape index (κ2) is 8.01. The lowest BCUT2D eigenvalue weighted by Gasteiger charge is -2.47. The summed E-state index contributed by atoms with van der Waals surface area (Å²) in [6.45, 7) is 3.72. The van der Waals surface area contributed by atoms with Gasteiger partial charge in [0.1, 0.15) is 5.82 Å². The highest BCUT2D eigenvalue weighted by atomic mass is 16.2. The number of urea groups is 1. The Hall–Kier alpha value is -1.56. The molecule has 0 aliphatic carbocycles. The molecule has 24 heavy (non-hydrogen) atoms. The van der Waals surface area contributed by atoms with Crippen molar-refractivity contribution in [1.29, 1.82) is 0 Å². The third-order valence-electron chi connectivity index (χ3n) is 5.71. The van der Waals surface area contributed by atoms with E-state index in [1.54, 1.807) is 0 Å². The van der Waals surface area contributed by atoms with E-state index in [4.69, 9.17) is 0 Å². The zero-order valence-electron chi connectivity index (χ0n) is 15.0. The molecule has 3 rings (SSSR count). The van der Waals surface area contributed by atoms with E-state index in [1.165, 1.54) is 19.3 Å². The first kappa shape index (κ1) is 17.3. The summed E-state index contributed by atoms with van der Waals surface area (Å²) in [4.78, 5) is 18.9. The smallest absolute Gasteiger partial charge is 0.315 e. The summed E-state index contributed by atoms with van der Waals surface area (Å²) >= 11 is 0. The number of hydrogen-bond acceptors (Lipinski definition) is 3. The van der Waals surface area contributed by atoms with Crippen LogP contribution in [-0.2, 0) is 6.54 Å². The number of hydrogen-bond donors (Lipinski definition) is 2. The fourth-order valence-corrected chi connectivity index (χ4v) is 4.22. The molecule has 1 aromatic heterocycles. The van der Waals surface area contributed by atoms with E-state index in [0.29, 0.717) is 18.1 Å². The quantitative estimate of drug-likeness (QED) is 0.785. The minimum Gasteiger partial charge on any atom is -0.338 e.